The Balaban J connectivity index is 2.09. The highest BCUT2D eigenvalue weighted by molar-refractivity contribution is 6.00. The van der Waals surface area contributed by atoms with Crippen molar-refractivity contribution < 1.29 is 27.6 Å². The number of amides is 3. The number of hydrogen-bond acceptors (Lipinski definition) is 3. The van der Waals surface area contributed by atoms with Crippen LogP contribution in [0.15, 0.2) is 36.4 Å². The Bertz CT molecular complexity index is 962. The monoisotopic (exact) mass is 435 g/mol. The Morgan fingerprint density at radius 2 is 1.58 bits per heavy atom. The summed E-state index contributed by atoms with van der Waals surface area (Å²) in [4.78, 5) is 38.1. The van der Waals surface area contributed by atoms with E-state index in [1.165, 1.54) is 17.0 Å². The van der Waals surface area contributed by atoms with Gasteiger partial charge in [-0.15, -0.1) is 0 Å². The van der Waals surface area contributed by atoms with E-state index in [0.29, 0.717) is 23.7 Å². The van der Waals surface area contributed by atoms with Crippen molar-refractivity contribution >= 4 is 29.1 Å². The molecule has 6 nitrogen and oxygen atoms in total. The Morgan fingerprint density at radius 3 is 2.16 bits per heavy atom. The van der Waals surface area contributed by atoms with Crippen molar-refractivity contribution in [1.82, 2.24) is 4.90 Å². The number of carbonyl (C=O) groups excluding carboxylic acids is 3. The van der Waals surface area contributed by atoms with E-state index in [1.54, 1.807) is 26.0 Å². The van der Waals surface area contributed by atoms with Crippen LogP contribution in [0.2, 0.25) is 0 Å². The third-order valence-corrected chi connectivity index (χ3v) is 4.35. The number of hydrogen-bond donors (Lipinski definition) is 2. The molecule has 0 atom stereocenters. The Hall–Kier alpha value is -3.36. The van der Waals surface area contributed by atoms with Gasteiger partial charge in [-0.1, -0.05) is 20.8 Å². The molecule has 3 amide bonds. The number of anilines is 2. The van der Waals surface area contributed by atoms with E-state index >= 15 is 0 Å². The summed E-state index contributed by atoms with van der Waals surface area (Å²) >= 11 is 0. The molecule has 0 aliphatic carbocycles. The molecular weight excluding hydrogens is 411 g/mol. The van der Waals surface area contributed by atoms with Gasteiger partial charge in [0.1, 0.15) is 6.54 Å². The van der Waals surface area contributed by atoms with Crippen LogP contribution in [0.1, 0.15) is 37.6 Å². The van der Waals surface area contributed by atoms with Gasteiger partial charge < -0.3 is 15.5 Å². The molecule has 2 N–H and O–H groups in total. The van der Waals surface area contributed by atoms with Crippen LogP contribution in [0.4, 0.5) is 24.5 Å². The molecule has 2 aromatic rings. The summed E-state index contributed by atoms with van der Waals surface area (Å²) in [5.74, 6) is -6.12. The number of halogens is 3. The smallest absolute Gasteiger partial charge is 0.254 e. The molecule has 0 spiro atoms. The first-order valence-electron chi connectivity index (χ1n) is 9.77. The summed E-state index contributed by atoms with van der Waals surface area (Å²) in [5.41, 5.74) is 0.310. The minimum atomic E-state index is -1.69. The summed E-state index contributed by atoms with van der Waals surface area (Å²) in [6, 6.07) is 7.80. The zero-order valence-corrected chi connectivity index (χ0v) is 17.5. The van der Waals surface area contributed by atoms with E-state index < -0.39 is 41.5 Å². The molecule has 0 fully saturated rings. The third-order valence-electron chi connectivity index (χ3n) is 4.35. The molecule has 0 aliphatic heterocycles. The summed E-state index contributed by atoms with van der Waals surface area (Å²) < 4.78 is 40.1. The number of nitrogens with one attached hydrogen (secondary N) is 2. The molecule has 0 heterocycles. The van der Waals surface area contributed by atoms with Crippen molar-refractivity contribution in [2.75, 3.05) is 23.7 Å². The molecule has 166 valence electrons. The fourth-order valence-electron chi connectivity index (χ4n) is 2.67. The van der Waals surface area contributed by atoms with Crippen molar-refractivity contribution in [3.63, 3.8) is 0 Å². The van der Waals surface area contributed by atoms with E-state index in [0.717, 1.165) is 6.07 Å². The summed E-state index contributed by atoms with van der Waals surface area (Å²) in [5, 5.41) is 4.87. The molecule has 0 radical (unpaired) electrons. The fraction of sp³-hybridized carbons (Fsp3) is 0.318. The third kappa shape index (κ3) is 6.31. The highest BCUT2D eigenvalue weighted by Crippen LogP contribution is 2.20. The Labute approximate surface area is 178 Å². The standard InChI is InChI=1S/C22H24F3N3O3/c1-4-11-28(12-18(29)27-17-10-9-16(23)19(24)20(17)25)22(31)14-5-7-15(8-6-14)26-21(30)13(2)3/h5-10,13H,4,11-12H2,1-3H3,(H,26,30)(H,27,29). The normalized spacial score (nSPS) is 10.7. The SMILES string of the molecule is CCCN(CC(=O)Nc1ccc(F)c(F)c1F)C(=O)c1ccc(NC(=O)C(C)C)cc1. The summed E-state index contributed by atoms with van der Waals surface area (Å²) in [6.07, 6.45) is 0.557. The van der Waals surface area contributed by atoms with E-state index in [1.807, 2.05) is 6.92 Å². The topological polar surface area (TPSA) is 78.5 Å². The largest absolute Gasteiger partial charge is 0.329 e. The van der Waals surface area contributed by atoms with Gasteiger partial charge in [-0.2, -0.15) is 0 Å². The zero-order valence-electron chi connectivity index (χ0n) is 17.5. The first kappa shape index (κ1) is 23.9. The van der Waals surface area contributed by atoms with Gasteiger partial charge in [0, 0.05) is 23.7 Å². The lowest BCUT2D eigenvalue weighted by Crippen LogP contribution is -2.38. The van der Waals surface area contributed by atoms with Crippen LogP contribution in [-0.2, 0) is 9.59 Å². The van der Waals surface area contributed by atoms with E-state index in [-0.39, 0.29) is 18.4 Å². The van der Waals surface area contributed by atoms with Gasteiger partial charge in [-0.3, -0.25) is 14.4 Å². The van der Waals surface area contributed by atoms with Gasteiger partial charge in [0.15, 0.2) is 17.5 Å². The molecule has 0 aliphatic rings. The minimum Gasteiger partial charge on any atom is -0.329 e. The summed E-state index contributed by atoms with van der Waals surface area (Å²) in [7, 11) is 0. The zero-order chi connectivity index (χ0) is 23.1. The van der Waals surface area contributed by atoms with Gasteiger partial charge in [0.05, 0.1) is 5.69 Å². The molecule has 31 heavy (non-hydrogen) atoms. The minimum absolute atomic E-state index is 0.159. The Kier molecular flexibility index (Phi) is 8.18. The Morgan fingerprint density at radius 1 is 0.935 bits per heavy atom. The van der Waals surface area contributed by atoms with E-state index in [2.05, 4.69) is 10.6 Å². The highest BCUT2D eigenvalue weighted by Gasteiger charge is 2.20. The molecule has 2 rings (SSSR count). The van der Waals surface area contributed by atoms with Gasteiger partial charge in [-0.25, -0.2) is 13.2 Å². The second-order valence-electron chi connectivity index (χ2n) is 7.22. The van der Waals surface area contributed by atoms with Gasteiger partial charge in [0.2, 0.25) is 11.8 Å². The van der Waals surface area contributed by atoms with Crippen LogP contribution < -0.4 is 10.6 Å². The predicted octanol–water partition coefficient (Wildman–Crippen LogP) is 4.19. The molecule has 0 unspecified atom stereocenters. The highest BCUT2D eigenvalue weighted by atomic mass is 19.2. The number of carbonyl (C=O) groups is 3. The van der Waals surface area contributed by atoms with E-state index in [4.69, 9.17) is 0 Å². The molecule has 0 saturated heterocycles. The molecule has 0 saturated carbocycles. The molecule has 2 aromatic carbocycles. The average Bonchev–Trinajstić information content (AvgIpc) is 2.74. The molecule has 0 bridgehead atoms. The lowest BCUT2D eigenvalue weighted by molar-refractivity contribution is -0.119. The second-order valence-corrected chi connectivity index (χ2v) is 7.22. The predicted molar refractivity (Wildman–Crippen MR) is 111 cm³/mol. The second kappa shape index (κ2) is 10.6. The van der Waals surface area contributed by atoms with Crippen molar-refractivity contribution in [3.05, 3.63) is 59.4 Å². The van der Waals surface area contributed by atoms with Crippen LogP contribution >= 0.6 is 0 Å². The summed E-state index contributed by atoms with van der Waals surface area (Å²) in [6.45, 7) is 5.17. The first-order chi connectivity index (χ1) is 14.6. The first-order valence-corrected chi connectivity index (χ1v) is 9.77. The van der Waals surface area contributed by atoms with Crippen LogP contribution in [0.3, 0.4) is 0 Å². The maximum atomic E-state index is 13.8. The maximum absolute atomic E-state index is 13.8. The van der Waals surface area contributed by atoms with Crippen molar-refractivity contribution in [3.8, 4) is 0 Å². The number of benzene rings is 2. The lowest BCUT2D eigenvalue weighted by Gasteiger charge is -2.22. The van der Waals surface area contributed by atoms with Crippen molar-refractivity contribution in [2.24, 2.45) is 5.92 Å². The van der Waals surface area contributed by atoms with Crippen LogP contribution in [0, 0.1) is 23.4 Å². The molecule has 9 heteroatoms. The lowest BCUT2D eigenvalue weighted by atomic mass is 10.1. The molecular formula is C22H24F3N3O3. The van der Waals surface area contributed by atoms with Crippen molar-refractivity contribution in [1.29, 1.82) is 0 Å². The van der Waals surface area contributed by atoms with Gasteiger partial charge in [0.25, 0.3) is 5.91 Å². The van der Waals surface area contributed by atoms with Gasteiger partial charge >= 0.3 is 0 Å². The number of rotatable bonds is 8. The quantitative estimate of drug-likeness (QED) is 0.611. The fourth-order valence-corrected chi connectivity index (χ4v) is 2.67. The van der Waals surface area contributed by atoms with Crippen molar-refractivity contribution in [2.45, 2.75) is 27.2 Å². The van der Waals surface area contributed by atoms with Crippen LogP contribution in [0.5, 0.6) is 0 Å². The van der Waals surface area contributed by atoms with Gasteiger partial charge in [-0.05, 0) is 42.8 Å². The van der Waals surface area contributed by atoms with Crippen LogP contribution in [0.25, 0.3) is 0 Å². The van der Waals surface area contributed by atoms with E-state index in [9.17, 15) is 27.6 Å². The number of nitrogens with zero attached hydrogens (tertiary/aromatic N) is 1. The van der Waals surface area contributed by atoms with Crippen LogP contribution in [-0.4, -0.2) is 35.7 Å². The maximum Gasteiger partial charge on any atom is 0.254 e. The average molecular weight is 435 g/mol. The molecule has 0 aromatic heterocycles.